The molecule has 5 rings (SSSR count). The molecule has 0 bridgehead atoms. The van der Waals surface area contributed by atoms with E-state index in [9.17, 15) is 8.78 Å². The van der Waals surface area contributed by atoms with Crippen LogP contribution in [0.5, 0.6) is 0 Å². The van der Waals surface area contributed by atoms with Gasteiger partial charge in [0.25, 0.3) is 5.78 Å². The molecule has 9 nitrogen and oxygen atoms in total. The molecule has 0 unspecified atom stereocenters. The van der Waals surface area contributed by atoms with E-state index in [0.29, 0.717) is 49.5 Å². The van der Waals surface area contributed by atoms with E-state index >= 15 is 0 Å². The predicted molar refractivity (Wildman–Crippen MR) is 110 cm³/mol. The molecule has 4 aromatic rings. The van der Waals surface area contributed by atoms with Crippen molar-refractivity contribution in [2.45, 2.75) is 6.54 Å². The zero-order valence-electron chi connectivity index (χ0n) is 16.2. The Morgan fingerprint density at radius 1 is 1.06 bits per heavy atom. The van der Waals surface area contributed by atoms with Crippen molar-refractivity contribution < 1.29 is 13.2 Å². The number of aromatic nitrogens is 5. The summed E-state index contributed by atoms with van der Waals surface area (Å²) in [7, 11) is 0. The quantitative estimate of drug-likeness (QED) is 0.477. The fourth-order valence-corrected chi connectivity index (χ4v) is 3.70. The van der Waals surface area contributed by atoms with Crippen LogP contribution in [-0.2, 0) is 6.54 Å². The third-order valence-corrected chi connectivity index (χ3v) is 5.49. The molecular weight excluding hydrogens is 430 g/mol. The lowest BCUT2D eigenvalue weighted by molar-refractivity contribution is 0.244. The van der Waals surface area contributed by atoms with Crippen molar-refractivity contribution in [1.29, 1.82) is 0 Å². The molecule has 2 N–H and O–H groups in total. The Kier molecular flexibility index (Phi) is 4.91. The molecule has 0 radical (unpaired) electrons. The van der Waals surface area contributed by atoms with Crippen LogP contribution >= 0.6 is 11.6 Å². The predicted octanol–water partition coefficient (Wildman–Crippen LogP) is 2.62. The van der Waals surface area contributed by atoms with Crippen molar-refractivity contribution in [2.24, 2.45) is 0 Å². The number of halogens is 3. The first-order valence-corrected chi connectivity index (χ1v) is 9.91. The molecular formula is C19H17ClF2N8O. The minimum atomic E-state index is -0.907. The number of piperazine rings is 1. The van der Waals surface area contributed by atoms with E-state index in [1.165, 1.54) is 16.8 Å². The largest absolute Gasteiger partial charge is 0.461 e. The average molecular weight is 447 g/mol. The number of nitrogen functional groups attached to an aromatic ring is 1. The highest BCUT2D eigenvalue weighted by Gasteiger charge is 2.23. The van der Waals surface area contributed by atoms with Crippen LogP contribution in [0.15, 0.2) is 34.9 Å². The van der Waals surface area contributed by atoms with Gasteiger partial charge in [-0.2, -0.15) is 19.5 Å². The van der Waals surface area contributed by atoms with Crippen molar-refractivity contribution in [3.8, 4) is 11.6 Å². The van der Waals surface area contributed by atoms with E-state index in [2.05, 4.69) is 20.1 Å². The molecule has 0 amide bonds. The van der Waals surface area contributed by atoms with Gasteiger partial charge < -0.3 is 15.1 Å². The summed E-state index contributed by atoms with van der Waals surface area (Å²) in [4.78, 5) is 17.1. The molecule has 0 saturated carbocycles. The van der Waals surface area contributed by atoms with Gasteiger partial charge >= 0.3 is 0 Å². The number of benzene rings is 1. The van der Waals surface area contributed by atoms with Crippen molar-refractivity contribution >= 4 is 29.3 Å². The Balaban J connectivity index is 1.32. The lowest BCUT2D eigenvalue weighted by atomic mass is 10.1. The lowest BCUT2D eigenvalue weighted by Crippen LogP contribution is -2.46. The fraction of sp³-hybridized carbons (Fsp3) is 0.263. The van der Waals surface area contributed by atoms with Crippen LogP contribution in [0.1, 0.15) is 5.56 Å². The number of hydrogen-bond acceptors (Lipinski definition) is 8. The second-order valence-electron chi connectivity index (χ2n) is 7.09. The third kappa shape index (κ3) is 3.66. The topological polar surface area (TPSA) is 102 Å². The number of hydrogen-bond donors (Lipinski definition) is 1. The normalized spacial score (nSPS) is 15.1. The Bertz CT molecular complexity index is 1240. The van der Waals surface area contributed by atoms with Crippen LogP contribution in [0.2, 0.25) is 5.02 Å². The van der Waals surface area contributed by atoms with E-state index in [1.54, 1.807) is 12.1 Å². The minimum Gasteiger partial charge on any atom is -0.461 e. The Hall–Kier alpha value is -3.31. The summed E-state index contributed by atoms with van der Waals surface area (Å²) in [5.41, 5.74) is 6.22. The third-order valence-electron chi connectivity index (χ3n) is 5.14. The van der Waals surface area contributed by atoms with Crippen molar-refractivity contribution in [1.82, 2.24) is 29.5 Å². The average Bonchev–Trinajstić information content (AvgIpc) is 3.44. The standard InChI is InChI=1S/C19H17ClF2N8O/c20-12-3-4-13(21)15(22)11(12)10-28-5-7-29(8-6-28)18-25-17(23)30-19(26-18)24-16(27-30)14-2-1-9-31-14/h1-4,9H,5-8,10H2,(H2,23,24,25,26,27). The minimum absolute atomic E-state index is 0.154. The van der Waals surface area contributed by atoms with Gasteiger partial charge in [0.2, 0.25) is 17.7 Å². The molecule has 12 heteroatoms. The second-order valence-corrected chi connectivity index (χ2v) is 7.50. The molecule has 1 saturated heterocycles. The van der Waals surface area contributed by atoms with E-state index in [1.807, 2.05) is 9.80 Å². The molecule has 1 aliphatic rings. The Labute approximate surface area is 180 Å². The summed E-state index contributed by atoms with van der Waals surface area (Å²) in [6.07, 6.45) is 1.53. The number of anilines is 2. The summed E-state index contributed by atoms with van der Waals surface area (Å²) < 4.78 is 34.3. The molecule has 4 heterocycles. The van der Waals surface area contributed by atoms with Gasteiger partial charge in [-0.3, -0.25) is 4.90 Å². The first-order chi connectivity index (χ1) is 15.0. The molecule has 1 aromatic carbocycles. The van der Waals surface area contributed by atoms with Crippen LogP contribution in [0, 0.1) is 11.6 Å². The maximum atomic E-state index is 14.1. The lowest BCUT2D eigenvalue weighted by Gasteiger charge is -2.34. The summed E-state index contributed by atoms with van der Waals surface area (Å²) in [6.45, 7) is 2.54. The summed E-state index contributed by atoms with van der Waals surface area (Å²) in [6, 6.07) is 5.88. The molecule has 0 aliphatic carbocycles. The smallest absolute Gasteiger partial charge is 0.259 e. The van der Waals surface area contributed by atoms with Gasteiger partial charge in [-0.05, 0) is 24.3 Å². The first-order valence-electron chi connectivity index (χ1n) is 9.53. The maximum Gasteiger partial charge on any atom is 0.259 e. The summed E-state index contributed by atoms with van der Waals surface area (Å²) in [5.74, 6) is -0.0531. The van der Waals surface area contributed by atoms with Crippen molar-refractivity contribution in [3.63, 3.8) is 0 Å². The van der Waals surface area contributed by atoms with Gasteiger partial charge in [0, 0.05) is 43.3 Å². The van der Waals surface area contributed by atoms with Crippen LogP contribution in [0.3, 0.4) is 0 Å². The van der Waals surface area contributed by atoms with Crippen LogP contribution in [0.4, 0.5) is 20.7 Å². The van der Waals surface area contributed by atoms with Gasteiger partial charge in [-0.1, -0.05) is 11.6 Å². The monoisotopic (exact) mass is 446 g/mol. The van der Waals surface area contributed by atoms with Gasteiger partial charge in [-0.15, -0.1) is 5.10 Å². The number of nitrogens with zero attached hydrogens (tertiary/aromatic N) is 7. The van der Waals surface area contributed by atoms with E-state index in [0.717, 1.165) is 6.07 Å². The van der Waals surface area contributed by atoms with Gasteiger partial charge in [-0.25, -0.2) is 8.78 Å². The van der Waals surface area contributed by atoms with Crippen molar-refractivity contribution in [2.75, 3.05) is 36.8 Å². The molecule has 0 atom stereocenters. The SMILES string of the molecule is Nc1nc(N2CCN(Cc3c(Cl)ccc(F)c3F)CC2)nc2nc(-c3ccco3)nn12. The number of furan rings is 1. The molecule has 1 aliphatic heterocycles. The fourth-order valence-electron chi connectivity index (χ4n) is 3.49. The number of rotatable bonds is 4. The first kappa shape index (κ1) is 19.6. The molecule has 0 spiro atoms. The van der Waals surface area contributed by atoms with Crippen LogP contribution < -0.4 is 10.6 Å². The van der Waals surface area contributed by atoms with Gasteiger partial charge in [0.05, 0.1) is 6.26 Å². The highest BCUT2D eigenvalue weighted by Crippen LogP contribution is 2.24. The summed E-state index contributed by atoms with van der Waals surface area (Å²) >= 11 is 6.06. The Morgan fingerprint density at radius 2 is 1.87 bits per heavy atom. The number of nitrogens with two attached hydrogens (primary N) is 1. The van der Waals surface area contributed by atoms with Crippen LogP contribution in [0.25, 0.3) is 17.4 Å². The second kappa shape index (κ2) is 7.75. The number of fused-ring (bicyclic) bond motifs is 1. The van der Waals surface area contributed by atoms with Crippen molar-refractivity contribution in [3.05, 3.63) is 52.7 Å². The highest BCUT2D eigenvalue weighted by molar-refractivity contribution is 6.31. The maximum absolute atomic E-state index is 14.1. The van der Waals surface area contributed by atoms with E-state index in [4.69, 9.17) is 21.8 Å². The van der Waals surface area contributed by atoms with E-state index < -0.39 is 11.6 Å². The zero-order chi connectivity index (χ0) is 21.5. The van der Waals surface area contributed by atoms with Crippen LogP contribution in [-0.4, -0.2) is 55.6 Å². The highest BCUT2D eigenvalue weighted by atomic mass is 35.5. The molecule has 31 heavy (non-hydrogen) atoms. The molecule has 1 fully saturated rings. The van der Waals surface area contributed by atoms with Gasteiger partial charge in [0.1, 0.15) is 0 Å². The summed E-state index contributed by atoms with van der Waals surface area (Å²) in [5, 5.41) is 4.49. The Morgan fingerprint density at radius 3 is 2.61 bits per heavy atom. The van der Waals surface area contributed by atoms with E-state index in [-0.39, 0.29) is 23.1 Å². The van der Waals surface area contributed by atoms with Gasteiger partial charge in [0.15, 0.2) is 17.4 Å². The molecule has 160 valence electrons. The molecule has 3 aromatic heterocycles. The zero-order valence-corrected chi connectivity index (χ0v) is 16.9.